The second-order valence-electron chi connectivity index (χ2n) is 13.3. The normalized spacial score (nSPS) is 26.4. The van der Waals surface area contributed by atoms with E-state index in [0.717, 1.165) is 90.0 Å². The third kappa shape index (κ3) is 6.39. The maximum atomic E-state index is 14.9. The Hall–Kier alpha value is -3.15. The van der Waals surface area contributed by atoms with Crippen molar-refractivity contribution in [2.75, 3.05) is 64.4 Å². The fourth-order valence-electron chi connectivity index (χ4n) is 8.70. The molecule has 1 saturated carbocycles. The molecule has 6 rings (SSSR count). The number of halogens is 1. The molecule has 0 radical (unpaired) electrons. The van der Waals surface area contributed by atoms with Gasteiger partial charge in [-0.05, 0) is 124 Å². The standard InChI is InChI=1S/C35H46FN5O2/c1-43-34(42)38-33-8-3-7-32(33)35(25-40-16-4-17-40,29-5-2-6-30(36)21-29)28-14-18-39(19-15-28)23-27-13-20-41(24-27)31-11-9-26(22-37)10-12-31/h2,5-6,9-12,21,27-28,32-33H,3-4,7-8,13-20,23-25H2,1H3,(H,38,42)/t27-,32-,33-,35-/m0/s1. The van der Waals surface area contributed by atoms with E-state index in [0.29, 0.717) is 17.4 Å². The maximum absolute atomic E-state index is 14.9. The Balaban J connectivity index is 1.19. The number of benzene rings is 2. The van der Waals surface area contributed by atoms with Gasteiger partial charge in [0.15, 0.2) is 0 Å². The Morgan fingerprint density at radius 3 is 2.47 bits per heavy atom. The number of nitrogens with one attached hydrogen (secondary N) is 1. The third-order valence-electron chi connectivity index (χ3n) is 10.9. The highest BCUT2D eigenvalue weighted by atomic mass is 19.1. The number of rotatable bonds is 9. The SMILES string of the molecule is COC(=O)N[C@H]1CCC[C@@H]1[C@](CN1CCC1)(c1cccc(F)c1)C1CCN(C[C@@H]2CCN(c3ccc(C#N)cc3)C2)CC1. The van der Waals surface area contributed by atoms with Crippen LogP contribution in [0.1, 0.15) is 56.1 Å². The lowest BCUT2D eigenvalue weighted by molar-refractivity contribution is 0.0235. The smallest absolute Gasteiger partial charge is 0.407 e. The van der Waals surface area contributed by atoms with E-state index in [1.54, 1.807) is 12.1 Å². The number of nitriles is 1. The van der Waals surface area contributed by atoms with Crippen LogP contribution in [0.4, 0.5) is 14.9 Å². The number of carbonyl (C=O) groups excluding carboxylic acids is 1. The number of likely N-dealkylation sites (tertiary alicyclic amines) is 2. The van der Waals surface area contributed by atoms with Crippen molar-refractivity contribution in [3.05, 3.63) is 65.5 Å². The van der Waals surface area contributed by atoms with E-state index in [1.807, 2.05) is 18.2 Å². The van der Waals surface area contributed by atoms with Gasteiger partial charge in [-0.3, -0.25) is 0 Å². The van der Waals surface area contributed by atoms with Crippen molar-refractivity contribution in [3.8, 4) is 6.07 Å². The fraction of sp³-hybridized carbons (Fsp3) is 0.600. The molecule has 1 N–H and O–H groups in total. The van der Waals surface area contributed by atoms with Crippen LogP contribution < -0.4 is 10.2 Å². The summed E-state index contributed by atoms with van der Waals surface area (Å²) >= 11 is 0. The molecule has 43 heavy (non-hydrogen) atoms. The van der Waals surface area contributed by atoms with Gasteiger partial charge < -0.3 is 24.8 Å². The Morgan fingerprint density at radius 2 is 1.79 bits per heavy atom. The van der Waals surface area contributed by atoms with Gasteiger partial charge in [0.05, 0.1) is 18.7 Å². The lowest BCUT2D eigenvalue weighted by atomic mass is 9.57. The number of ether oxygens (including phenoxy) is 1. The molecule has 7 nitrogen and oxygen atoms in total. The third-order valence-corrected chi connectivity index (χ3v) is 10.9. The highest BCUT2D eigenvalue weighted by molar-refractivity contribution is 5.67. The Kier molecular flexibility index (Phi) is 9.20. The predicted molar refractivity (Wildman–Crippen MR) is 166 cm³/mol. The van der Waals surface area contributed by atoms with Crippen LogP contribution in [0.2, 0.25) is 0 Å². The summed E-state index contributed by atoms with van der Waals surface area (Å²) in [6.07, 6.45) is 7.23. The molecule has 0 aromatic heterocycles. The Bertz CT molecular complexity index is 1290. The molecule has 8 heteroatoms. The molecule has 3 aliphatic heterocycles. The quantitative estimate of drug-likeness (QED) is 0.424. The van der Waals surface area contributed by atoms with Crippen LogP contribution in [0.3, 0.4) is 0 Å². The van der Waals surface area contributed by atoms with Crippen LogP contribution in [-0.2, 0) is 10.2 Å². The Morgan fingerprint density at radius 1 is 1.00 bits per heavy atom. The first-order valence-electron chi connectivity index (χ1n) is 16.3. The molecule has 1 amide bonds. The summed E-state index contributed by atoms with van der Waals surface area (Å²) in [5.74, 6) is 1.10. The maximum Gasteiger partial charge on any atom is 0.407 e. The summed E-state index contributed by atoms with van der Waals surface area (Å²) in [5.41, 5.74) is 2.79. The molecule has 3 saturated heterocycles. The average Bonchev–Trinajstić information content (AvgIpc) is 3.67. The number of carbonyl (C=O) groups is 1. The molecular weight excluding hydrogens is 541 g/mol. The van der Waals surface area contributed by atoms with Gasteiger partial charge in [0.2, 0.25) is 0 Å². The fourth-order valence-corrected chi connectivity index (χ4v) is 8.70. The zero-order valence-electron chi connectivity index (χ0n) is 25.5. The summed E-state index contributed by atoms with van der Waals surface area (Å²) < 4.78 is 19.9. The lowest BCUT2D eigenvalue weighted by Gasteiger charge is -2.53. The first-order chi connectivity index (χ1) is 21.0. The van der Waals surface area contributed by atoms with Crippen LogP contribution in [0.15, 0.2) is 48.5 Å². The molecule has 4 atom stereocenters. The topological polar surface area (TPSA) is 71.8 Å². The van der Waals surface area contributed by atoms with E-state index in [-0.39, 0.29) is 29.3 Å². The van der Waals surface area contributed by atoms with E-state index in [1.165, 1.54) is 25.6 Å². The summed E-state index contributed by atoms with van der Waals surface area (Å²) in [7, 11) is 1.43. The summed E-state index contributed by atoms with van der Waals surface area (Å²) in [6.45, 7) is 8.43. The molecule has 230 valence electrons. The van der Waals surface area contributed by atoms with Gasteiger partial charge in [0.25, 0.3) is 0 Å². The molecule has 2 aromatic carbocycles. The van der Waals surface area contributed by atoms with Gasteiger partial charge in [-0.1, -0.05) is 18.6 Å². The zero-order chi connectivity index (χ0) is 29.8. The van der Waals surface area contributed by atoms with Crippen molar-refractivity contribution in [2.24, 2.45) is 17.8 Å². The van der Waals surface area contributed by atoms with Crippen molar-refractivity contribution in [3.63, 3.8) is 0 Å². The van der Waals surface area contributed by atoms with Gasteiger partial charge >= 0.3 is 6.09 Å². The van der Waals surface area contributed by atoms with E-state index < -0.39 is 0 Å². The van der Waals surface area contributed by atoms with Crippen LogP contribution >= 0.6 is 0 Å². The number of piperidine rings is 1. The molecule has 4 aliphatic rings. The van der Waals surface area contributed by atoms with Gasteiger partial charge in [-0.15, -0.1) is 0 Å². The van der Waals surface area contributed by atoms with Crippen molar-refractivity contribution in [1.29, 1.82) is 5.26 Å². The largest absolute Gasteiger partial charge is 0.453 e. The second-order valence-corrected chi connectivity index (χ2v) is 13.3. The number of anilines is 1. The van der Waals surface area contributed by atoms with Crippen LogP contribution in [0, 0.1) is 34.9 Å². The number of nitrogens with zero attached hydrogens (tertiary/aromatic N) is 4. The Labute approximate surface area is 256 Å². The van der Waals surface area contributed by atoms with Crippen molar-refractivity contribution in [1.82, 2.24) is 15.1 Å². The molecule has 4 fully saturated rings. The average molecular weight is 588 g/mol. The summed E-state index contributed by atoms with van der Waals surface area (Å²) in [6, 6.07) is 17.6. The lowest BCUT2D eigenvalue weighted by Crippen LogP contribution is -2.59. The van der Waals surface area contributed by atoms with Gasteiger partial charge in [0.1, 0.15) is 5.82 Å². The van der Waals surface area contributed by atoms with Gasteiger partial charge in [0, 0.05) is 43.3 Å². The highest BCUT2D eigenvalue weighted by Crippen LogP contribution is 2.51. The van der Waals surface area contributed by atoms with Crippen molar-refractivity contribution >= 4 is 11.8 Å². The van der Waals surface area contributed by atoms with Crippen LogP contribution in [-0.4, -0.2) is 81.4 Å². The molecule has 2 aromatic rings. The van der Waals surface area contributed by atoms with Crippen LogP contribution in [0.5, 0.6) is 0 Å². The highest BCUT2D eigenvalue weighted by Gasteiger charge is 2.53. The number of amides is 1. The van der Waals surface area contributed by atoms with Crippen LogP contribution in [0.25, 0.3) is 0 Å². The number of hydrogen-bond donors (Lipinski definition) is 1. The summed E-state index contributed by atoms with van der Waals surface area (Å²) in [5, 5.41) is 12.3. The first kappa shape index (κ1) is 29.9. The predicted octanol–water partition coefficient (Wildman–Crippen LogP) is 5.40. The van der Waals surface area contributed by atoms with E-state index in [4.69, 9.17) is 10.00 Å². The second kappa shape index (κ2) is 13.2. The molecular formula is C35H46FN5O2. The van der Waals surface area contributed by atoms with Crippen molar-refractivity contribution < 1.29 is 13.9 Å². The molecule has 1 aliphatic carbocycles. The number of methoxy groups -OCH3 is 1. The van der Waals surface area contributed by atoms with Gasteiger partial charge in [-0.25, -0.2) is 9.18 Å². The molecule has 0 bridgehead atoms. The van der Waals surface area contributed by atoms with E-state index >= 15 is 0 Å². The molecule has 0 unspecified atom stereocenters. The minimum atomic E-state index is -0.365. The first-order valence-corrected chi connectivity index (χ1v) is 16.3. The van der Waals surface area contributed by atoms with E-state index in [2.05, 4.69) is 44.3 Å². The number of alkyl carbamates (subject to hydrolysis) is 1. The van der Waals surface area contributed by atoms with Gasteiger partial charge in [-0.2, -0.15) is 5.26 Å². The van der Waals surface area contributed by atoms with E-state index in [9.17, 15) is 9.18 Å². The zero-order valence-corrected chi connectivity index (χ0v) is 25.5. The minimum Gasteiger partial charge on any atom is -0.453 e. The monoisotopic (exact) mass is 587 g/mol. The molecule has 3 heterocycles. The summed E-state index contributed by atoms with van der Waals surface area (Å²) in [4.78, 5) is 20.1. The minimum absolute atomic E-state index is 0.0294. The number of hydrogen-bond acceptors (Lipinski definition) is 6. The van der Waals surface area contributed by atoms with Crippen molar-refractivity contribution in [2.45, 2.75) is 56.4 Å². The molecule has 0 spiro atoms.